The summed E-state index contributed by atoms with van der Waals surface area (Å²) in [6, 6.07) is 5.15. The fourth-order valence-electron chi connectivity index (χ4n) is 1.10. The fourth-order valence-corrected chi connectivity index (χ4v) is 1.10. The lowest BCUT2D eigenvalue weighted by molar-refractivity contribution is 0.288. The van der Waals surface area contributed by atoms with Gasteiger partial charge in [0.1, 0.15) is 0 Å². The Bertz CT molecular complexity index is 303. The Morgan fingerprint density at radius 3 is 2.77 bits per heavy atom. The molecular weight excluding hydrogens is 164 g/mol. The van der Waals surface area contributed by atoms with Gasteiger partial charge in [-0.15, -0.1) is 0 Å². The van der Waals surface area contributed by atoms with Gasteiger partial charge in [0.25, 0.3) is 0 Å². The van der Waals surface area contributed by atoms with E-state index >= 15 is 0 Å². The quantitative estimate of drug-likeness (QED) is 0.696. The van der Waals surface area contributed by atoms with Gasteiger partial charge in [0.2, 0.25) is 5.75 Å². The largest absolute Gasteiger partial charge is 0.490 e. The molecule has 0 fully saturated rings. The molecule has 0 aliphatic carbocycles. The summed E-state index contributed by atoms with van der Waals surface area (Å²) < 4.78 is 5.13. The van der Waals surface area contributed by atoms with Crippen molar-refractivity contribution in [1.29, 1.82) is 0 Å². The molecule has 0 unspecified atom stereocenters. The molecule has 2 nitrogen and oxygen atoms in total. The molecule has 1 aromatic carbocycles. The molecule has 69 valence electrons. The number of hydrogen-bond donors (Lipinski definition) is 0. The van der Waals surface area contributed by atoms with E-state index in [1.54, 1.807) is 12.1 Å². The Morgan fingerprint density at radius 1 is 1.46 bits per heavy atom. The number of ether oxygens (including phenoxy) is 1. The number of benzene rings is 1. The molecule has 1 aromatic rings. The van der Waals surface area contributed by atoms with Gasteiger partial charge >= 0.3 is 0 Å². The molecule has 0 spiro atoms. The Kier molecular flexibility index (Phi) is 3.38. The molecule has 0 atom stereocenters. The Balaban J connectivity index is 2.91. The van der Waals surface area contributed by atoms with Crippen molar-refractivity contribution in [2.24, 2.45) is 0 Å². The molecule has 0 bridgehead atoms. The summed E-state index contributed by atoms with van der Waals surface area (Å²) in [5.74, 6) is 0.369. The van der Waals surface area contributed by atoms with Crippen LogP contribution >= 0.6 is 0 Å². The molecule has 13 heavy (non-hydrogen) atoms. The van der Waals surface area contributed by atoms with Crippen molar-refractivity contribution in [3.63, 3.8) is 0 Å². The van der Waals surface area contributed by atoms with Crippen LogP contribution in [0.15, 0.2) is 24.3 Å². The smallest absolute Gasteiger partial charge is 0.220 e. The van der Waals surface area contributed by atoms with Crippen LogP contribution < -0.4 is 4.74 Å². The van der Waals surface area contributed by atoms with Crippen LogP contribution in [0.3, 0.4) is 0 Å². The van der Waals surface area contributed by atoms with Gasteiger partial charge < -0.3 is 4.74 Å². The van der Waals surface area contributed by atoms with Crippen LogP contribution in [0, 0.1) is 0 Å². The van der Waals surface area contributed by atoms with Gasteiger partial charge in [0, 0.05) is 0 Å². The monoisotopic (exact) mass is 177 g/mol. The molecule has 1 radical (unpaired) electrons. The van der Waals surface area contributed by atoms with E-state index in [9.17, 15) is 5.11 Å². The highest BCUT2D eigenvalue weighted by atomic mass is 16.5. The minimum Gasteiger partial charge on any atom is -0.490 e. The maximum Gasteiger partial charge on any atom is 0.220 e. The molecule has 0 aliphatic heterocycles. The second kappa shape index (κ2) is 4.55. The standard InChI is InChI=1S/C11H13O2/c1-3-5-9-6-7-11(13-4-2)10(12)8-9/h3,5-8H,4H2,1-2H3/b5-3-. The lowest BCUT2D eigenvalue weighted by atomic mass is 10.2. The molecule has 0 N–H and O–H groups in total. The first-order chi connectivity index (χ1) is 6.27. The second-order valence-corrected chi connectivity index (χ2v) is 2.64. The lowest BCUT2D eigenvalue weighted by Gasteiger charge is -2.03. The van der Waals surface area contributed by atoms with Crippen molar-refractivity contribution in [1.82, 2.24) is 0 Å². The Hall–Kier alpha value is -1.44. The zero-order chi connectivity index (χ0) is 9.68. The first-order valence-electron chi connectivity index (χ1n) is 4.34. The summed E-state index contributed by atoms with van der Waals surface area (Å²) in [5, 5.41) is 11.3. The molecule has 0 heterocycles. The van der Waals surface area contributed by atoms with Crippen molar-refractivity contribution in [2.45, 2.75) is 13.8 Å². The number of allylic oxidation sites excluding steroid dienone is 1. The van der Waals surface area contributed by atoms with Crippen LogP contribution in [-0.4, -0.2) is 6.61 Å². The molecule has 0 aliphatic rings. The zero-order valence-electron chi connectivity index (χ0n) is 7.91. The fraction of sp³-hybridized carbons (Fsp3) is 0.273. The number of rotatable bonds is 3. The maximum atomic E-state index is 11.3. The molecule has 2 heteroatoms. The third kappa shape index (κ3) is 2.51. The minimum atomic E-state index is -0.0579. The van der Waals surface area contributed by atoms with E-state index in [-0.39, 0.29) is 5.75 Å². The predicted molar refractivity (Wildman–Crippen MR) is 52.5 cm³/mol. The zero-order valence-corrected chi connectivity index (χ0v) is 7.91. The molecule has 1 rings (SSSR count). The number of hydrogen-bond acceptors (Lipinski definition) is 1. The van der Waals surface area contributed by atoms with E-state index in [4.69, 9.17) is 4.74 Å². The van der Waals surface area contributed by atoms with Crippen molar-refractivity contribution < 1.29 is 9.84 Å². The van der Waals surface area contributed by atoms with Gasteiger partial charge in [0.05, 0.1) is 6.61 Å². The van der Waals surface area contributed by atoms with Gasteiger partial charge in [-0.1, -0.05) is 18.2 Å². The summed E-state index contributed by atoms with van der Waals surface area (Å²) in [5.41, 5.74) is 0.913. The van der Waals surface area contributed by atoms with E-state index < -0.39 is 0 Å². The van der Waals surface area contributed by atoms with Crippen molar-refractivity contribution in [2.75, 3.05) is 6.61 Å². The minimum absolute atomic E-state index is 0.0579. The molecule has 0 aromatic heterocycles. The third-order valence-electron chi connectivity index (χ3n) is 1.63. The van der Waals surface area contributed by atoms with Gasteiger partial charge in [-0.05, 0) is 31.5 Å². The van der Waals surface area contributed by atoms with Crippen molar-refractivity contribution >= 4 is 6.08 Å². The van der Waals surface area contributed by atoms with Crippen LogP contribution in [0.5, 0.6) is 11.5 Å². The van der Waals surface area contributed by atoms with Gasteiger partial charge in [0.15, 0.2) is 5.75 Å². The van der Waals surface area contributed by atoms with E-state index in [0.29, 0.717) is 12.4 Å². The van der Waals surface area contributed by atoms with E-state index in [1.165, 1.54) is 0 Å². The lowest BCUT2D eigenvalue weighted by Crippen LogP contribution is -1.91. The molecule has 0 saturated carbocycles. The van der Waals surface area contributed by atoms with Crippen LogP contribution in [-0.2, 0) is 5.11 Å². The van der Waals surface area contributed by atoms with Crippen molar-refractivity contribution in [3.05, 3.63) is 29.8 Å². The van der Waals surface area contributed by atoms with Crippen LogP contribution in [0.25, 0.3) is 6.08 Å². The Morgan fingerprint density at radius 2 is 2.23 bits per heavy atom. The summed E-state index contributed by atoms with van der Waals surface area (Å²) in [4.78, 5) is 0. The highest BCUT2D eigenvalue weighted by molar-refractivity contribution is 5.55. The third-order valence-corrected chi connectivity index (χ3v) is 1.63. The van der Waals surface area contributed by atoms with Gasteiger partial charge in [-0.2, -0.15) is 0 Å². The van der Waals surface area contributed by atoms with E-state index in [1.807, 2.05) is 32.1 Å². The molecule has 0 saturated heterocycles. The SMILES string of the molecule is C/C=C\c1ccc(OCC)c([O])c1. The topological polar surface area (TPSA) is 29.1 Å². The Labute approximate surface area is 78.5 Å². The second-order valence-electron chi connectivity index (χ2n) is 2.64. The summed E-state index contributed by atoms with van der Waals surface area (Å²) >= 11 is 0. The average Bonchev–Trinajstić information content (AvgIpc) is 2.10. The highest BCUT2D eigenvalue weighted by Crippen LogP contribution is 2.27. The van der Waals surface area contributed by atoms with Crippen LogP contribution in [0.2, 0.25) is 0 Å². The van der Waals surface area contributed by atoms with Gasteiger partial charge in [-0.25, -0.2) is 0 Å². The average molecular weight is 177 g/mol. The normalized spacial score (nSPS) is 10.6. The van der Waals surface area contributed by atoms with Crippen molar-refractivity contribution in [3.8, 4) is 11.5 Å². The summed E-state index contributed by atoms with van der Waals surface area (Å²) in [6.45, 7) is 4.30. The summed E-state index contributed by atoms with van der Waals surface area (Å²) in [7, 11) is 0. The predicted octanol–water partition coefficient (Wildman–Crippen LogP) is 3.26. The van der Waals surface area contributed by atoms with E-state index in [2.05, 4.69) is 0 Å². The van der Waals surface area contributed by atoms with E-state index in [0.717, 1.165) is 5.56 Å². The van der Waals surface area contributed by atoms with Crippen LogP contribution in [0.1, 0.15) is 19.4 Å². The first kappa shape index (κ1) is 9.65. The maximum absolute atomic E-state index is 11.3. The molecular formula is C11H13O2. The van der Waals surface area contributed by atoms with Crippen LogP contribution in [0.4, 0.5) is 0 Å². The first-order valence-corrected chi connectivity index (χ1v) is 4.34. The van der Waals surface area contributed by atoms with Gasteiger partial charge in [-0.3, -0.25) is 5.11 Å². The highest BCUT2D eigenvalue weighted by Gasteiger charge is 2.02. The summed E-state index contributed by atoms with van der Waals surface area (Å²) in [6.07, 6.45) is 3.78. The molecule has 0 amide bonds.